The van der Waals surface area contributed by atoms with Crippen LogP contribution in [-0.2, 0) is 5.92 Å². The van der Waals surface area contributed by atoms with E-state index in [0.717, 1.165) is 17.0 Å². The third kappa shape index (κ3) is 3.08. The average molecular weight is 366 g/mol. The number of halogens is 2. The zero-order chi connectivity index (χ0) is 18.1. The van der Waals surface area contributed by atoms with Gasteiger partial charge in [-0.15, -0.1) is 11.3 Å². The largest absolute Gasteiger partial charge is 0.455 e. The predicted octanol–water partition coefficient (Wildman–Crippen LogP) is 7.47. The second kappa shape index (κ2) is 6.54. The van der Waals surface area contributed by atoms with Gasteiger partial charge < -0.3 is 4.74 Å². The van der Waals surface area contributed by atoms with Gasteiger partial charge in [-0.3, -0.25) is 0 Å². The molecule has 0 unspecified atom stereocenters. The Morgan fingerprint density at radius 3 is 2.23 bits per heavy atom. The molecule has 4 aromatic rings. The maximum atomic E-state index is 14.2. The molecule has 0 spiro atoms. The molecule has 0 atom stereocenters. The maximum absolute atomic E-state index is 14.2. The van der Waals surface area contributed by atoms with Gasteiger partial charge in [0.15, 0.2) is 5.75 Å². The van der Waals surface area contributed by atoms with Crippen molar-refractivity contribution in [1.29, 1.82) is 0 Å². The van der Waals surface area contributed by atoms with Crippen LogP contribution in [0.15, 0.2) is 78.9 Å². The highest BCUT2D eigenvalue weighted by molar-refractivity contribution is 7.22. The first-order chi connectivity index (χ1) is 12.5. The van der Waals surface area contributed by atoms with Crippen molar-refractivity contribution in [2.24, 2.45) is 0 Å². The lowest BCUT2D eigenvalue weighted by Crippen LogP contribution is -2.08. The second-order valence-corrected chi connectivity index (χ2v) is 7.16. The lowest BCUT2D eigenvalue weighted by atomic mass is 10.0. The standard InChI is InChI=1S/C22H16F2OS/c1-22(23,24)18-13-7-5-11-16(18)21-20(25-15-9-3-2-4-10-15)17-12-6-8-14-19(17)26-21/h2-14H,1H3. The monoisotopic (exact) mass is 366 g/mol. The summed E-state index contributed by atoms with van der Waals surface area (Å²) in [4.78, 5) is 0.715. The third-order valence-electron chi connectivity index (χ3n) is 4.16. The van der Waals surface area contributed by atoms with Crippen molar-refractivity contribution in [2.75, 3.05) is 0 Å². The maximum Gasteiger partial charge on any atom is 0.271 e. The zero-order valence-corrected chi connectivity index (χ0v) is 14.9. The van der Waals surface area contributed by atoms with E-state index in [-0.39, 0.29) is 5.56 Å². The van der Waals surface area contributed by atoms with Crippen LogP contribution in [-0.4, -0.2) is 0 Å². The van der Waals surface area contributed by atoms with Crippen LogP contribution in [0.5, 0.6) is 11.5 Å². The summed E-state index contributed by atoms with van der Waals surface area (Å²) in [7, 11) is 0. The first-order valence-electron chi connectivity index (χ1n) is 8.26. The molecule has 4 heteroatoms. The fourth-order valence-electron chi connectivity index (χ4n) is 2.97. The molecule has 1 aromatic heterocycles. The number of hydrogen-bond donors (Lipinski definition) is 0. The summed E-state index contributed by atoms with van der Waals surface area (Å²) in [5.74, 6) is -1.64. The summed E-state index contributed by atoms with van der Waals surface area (Å²) < 4.78 is 35.5. The molecule has 26 heavy (non-hydrogen) atoms. The summed E-state index contributed by atoms with van der Waals surface area (Å²) >= 11 is 1.47. The minimum absolute atomic E-state index is 0.00414. The van der Waals surface area contributed by atoms with E-state index in [1.54, 1.807) is 18.2 Å². The Bertz CT molecular complexity index is 1050. The molecule has 1 nitrogen and oxygen atoms in total. The van der Waals surface area contributed by atoms with Crippen LogP contribution in [0.25, 0.3) is 20.5 Å². The topological polar surface area (TPSA) is 9.23 Å². The number of alkyl halides is 2. The fourth-order valence-corrected chi connectivity index (χ4v) is 4.14. The molecule has 0 amide bonds. The van der Waals surface area contributed by atoms with Crippen LogP contribution in [0.2, 0.25) is 0 Å². The number of para-hydroxylation sites is 1. The minimum atomic E-state index is -2.93. The molecule has 4 rings (SSSR count). The first kappa shape index (κ1) is 16.7. The Morgan fingerprint density at radius 2 is 1.46 bits per heavy atom. The molecule has 0 N–H and O–H groups in total. The SMILES string of the molecule is CC(F)(F)c1ccccc1-c1sc2ccccc2c1Oc1ccccc1. The van der Waals surface area contributed by atoms with Crippen LogP contribution in [0.1, 0.15) is 12.5 Å². The molecule has 0 saturated carbocycles. The highest BCUT2D eigenvalue weighted by atomic mass is 32.1. The van der Waals surface area contributed by atoms with Crippen molar-refractivity contribution in [3.63, 3.8) is 0 Å². The molecule has 0 fully saturated rings. The van der Waals surface area contributed by atoms with Gasteiger partial charge in [0.1, 0.15) is 5.75 Å². The van der Waals surface area contributed by atoms with E-state index < -0.39 is 5.92 Å². The van der Waals surface area contributed by atoms with E-state index in [9.17, 15) is 8.78 Å². The van der Waals surface area contributed by atoms with E-state index in [0.29, 0.717) is 21.9 Å². The Morgan fingerprint density at radius 1 is 0.808 bits per heavy atom. The number of rotatable bonds is 4. The van der Waals surface area contributed by atoms with Gasteiger partial charge in [-0.05, 0) is 24.3 Å². The third-order valence-corrected chi connectivity index (χ3v) is 5.34. The molecule has 3 aromatic carbocycles. The van der Waals surface area contributed by atoms with Gasteiger partial charge in [0, 0.05) is 28.1 Å². The minimum Gasteiger partial charge on any atom is -0.455 e. The van der Waals surface area contributed by atoms with Crippen LogP contribution in [0, 0.1) is 0 Å². The molecule has 0 aliphatic heterocycles. The molecular formula is C22H16F2OS. The molecule has 0 saturated heterocycles. The van der Waals surface area contributed by atoms with Gasteiger partial charge in [0.25, 0.3) is 5.92 Å². The average Bonchev–Trinajstić information content (AvgIpc) is 3.00. The number of benzene rings is 3. The summed E-state index contributed by atoms with van der Waals surface area (Å²) in [6.45, 7) is 0.927. The number of fused-ring (bicyclic) bond motifs is 1. The van der Waals surface area contributed by atoms with Crippen molar-refractivity contribution < 1.29 is 13.5 Å². The zero-order valence-electron chi connectivity index (χ0n) is 14.1. The number of hydrogen-bond acceptors (Lipinski definition) is 2. The van der Waals surface area contributed by atoms with Crippen molar-refractivity contribution in [1.82, 2.24) is 0 Å². The van der Waals surface area contributed by atoms with Crippen LogP contribution in [0.4, 0.5) is 8.78 Å². The predicted molar refractivity (Wildman–Crippen MR) is 103 cm³/mol. The Hall–Kier alpha value is -2.72. The van der Waals surface area contributed by atoms with Gasteiger partial charge in [-0.1, -0.05) is 54.6 Å². The Labute approximate surface area is 154 Å². The van der Waals surface area contributed by atoms with E-state index in [1.807, 2.05) is 54.6 Å². The molecule has 130 valence electrons. The van der Waals surface area contributed by atoms with Crippen molar-refractivity contribution in [3.8, 4) is 21.9 Å². The van der Waals surface area contributed by atoms with Crippen molar-refractivity contribution >= 4 is 21.4 Å². The Balaban J connectivity index is 1.95. The van der Waals surface area contributed by atoms with Crippen molar-refractivity contribution in [2.45, 2.75) is 12.8 Å². The molecule has 0 aliphatic carbocycles. The summed E-state index contributed by atoms with van der Waals surface area (Å²) in [6.07, 6.45) is 0. The van der Waals surface area contributed by atoms with Crippen molar-refractivity contribution in [3.05, 3.63) is 84.4 Å². The quantitative estimate of drug-likeness (QED) is 0.364. The molecular weight excluding hydrogens is 350 g/mol. The Kier molecular flexibility index (Phi) is 4.21. The van der Waals surface area contributed by atoms with Gasteiger partial charge in [0.05, 0.1) is 4.88 Å². The fraction of sp³-hybridized carbons (Fsp3) is 0.0909. The van der Waals surface area contributed by atoms with E-state index in [2.05, 4.69) is 0 Å². The van der Waals surface area contributed by atoms with Gasteiger partial charge in [0.2, 0.25) is 0 Å². The number of thiophene rings is 1. The van der Waals surface area contributed by atoms with Gasteiger partial charge in [-0.2, -0.15) is 0 Å². The van der Waals surface area contributed by atoms with E-state index >= 15 is 0 Å². The first-order valence-corrected chi connectivity index (χ1v) is 9.08. The van der Waals surface area contributed by atoms with Crippen LogP contribution in [0.3, 0.4) is 0 Å². The molecule has 1 heterocycles. The lowest BCUT2D eigenvalue weighted by molar-refractivity contribution is 0.0181. The van der Waals surface area contributed by atoms with Crippen LogP contribution >= 0.6 is 11.3 Å². The second-order valence-electron chi connectivity index (χ2n) is 6.11. The molecule has 0 aliphatic rings. The highest BCUT2D eigenvalue weighted by Crippen LogP contribution is 2.48. The summed E-state index contributed by atoms with van der Waals surface area (Å²) in [6, 6.07) is 23.8. The van der Waals surface area contributed by atoms with Gasteiger partial charge >= 0.3 is 0 Å². The smallest absolute Gasteiger partial charge is 0.271 e. The highest BCUT2D eigenvalue weighted by Gasteiger charge is 2.30. The van der Waals surface area contributed by atoms with Crippen LogP contribution < -0.4 is 4.74 Å². The van der Waals surface area contributed by atoms with E-state index in [4.69, 9.17) is 4.74 Å². The van der Waals surface area contributed by atoms with E-state index in [1.165, 1.54) is 17.4 Å². The number of ether oxygens (including phenoxy) is 1. The lowest BCUT2D eigenvalue weighted by Gasteiger charge is -2.16. The molecule has 0 bridgehead atoms. The summed E-state index contributed by atoms with van der Waals surface area (Å²) in [5, 5.41) is 0.922. The molecule has 0 radical (unpaired) electrons. The summed E-state index contributed by atoms with van der Waals surface area (Å²) in [5.41, 5.74) is 0.511. The normalized spacial score (nSPS) is 11.7. The van der Waals surface area contributed by atoms with Gasteiger partial charge in [-0.25, -0.2) is 8.78 Å².